The Bertz CT molecular complexity index is 239. The van der Waals surface area contributed by atoms with Crippen molar-refractivity contribution >= 4 is 12.3 Å². The highest BCUT2D eigenvalue weighted by Gasteiger charge is 2.59. The van der Waals surface area contributed by atoms with Crippen LogP contribution in [0.4, 0.5) is 0 Å². The first-order chi connectivity index (χ1) is 7.20. The SMILES string of the molecule is CCOC1(CCCC=O)CC1C(=O)OC. The van der Waals surface area contributed by atoms with Gasteiger partial charge in [0.05, 0.1) is 18.6 Å². The van der Waals surface area contributed by atoms with Crippen molar-refractivity contribution in [2.45, 2.75) is 38.2 Å². The highest BCUT2D eigenvalue weighted by Crippen LogP contribution is 2.51. The Labute approximate surface area is 89.9 Å². The molecule has 4 nitrogen and oxygen atoms in total. The largest absolute Gasteiger partial charge is 0.469 e. The molecule has 0 heterocycles. The summed E-state index contributed by atoms with van der Waals surface area (Å²) < 4.78 is 10.3. The van der Waals surface area contributed by atoms with Gasteiger partial charge in [-0.15, -0.1) is 0 Å². The maximum absolute atomic E-state index is 11.3. The van der Waals surface area contributed by atoms with Gasteiger partial charge in [0.25, 0.3) is 0 Å². The quantitative estimate of drug-likeness (QED) is 0.364. The molecular formula is C11H18O4. The van der Waals surface area contributed by atoms with Crippen molar-refractivity contribution in [3.05, 3.63) is 0 Å². The van der Waals surface area contributed by atoms with E-state index in [1.165, 1.54) is 7.11 Å². The zero-order chi connectivity index (χ0) is 11.3. The van der Waals surface area contributed by atoms with Crippen molar-refractivity contribution in [3.63, 3.8) is 0 Å². The van der Waals surface area contributed by atoms with Crippen LogP contribution in [0.15, 0.2) is 0 Å². The molecule has 0 N–H and O–H groups in total. The Morgan fingerprint density at radius 1 is 1.60 bits per heavy atom. The molecule has 1 aliphatic rings. The van der Waals surface area contributed by atoms with Crippen LogP contribution in [0.5, 0.6) is 0 Å². The molecule has 0 spiro atoms. The first kappa shape index (κ1) is 12.2. The lowest BCUT2D eigenvalue weighted by Crippen LogP contribution is -2.22. The molecule has 1 fully saturated rings. The van der Waals surface area contributed by atoms with Crippen LogP contribution in [0.1, 0.15) is 32.6 Å². The highest BCUT2D eigenvalue weighted by atomic mass is 16.5. The van der Waals surface area contributed by atoms with Crippen LogP contribution in [-0.2, 0) is 19.1 Å². The van der Waals surface area contributed by atoms with Crippen LogP contribution in [0.3, 0.4) is 0 Å². The van der Waals surface area contributed by atoms with E-state index in [2.05, 4.69) is 0 Å². The summed E-state index contributed by atoms with van der Waals surface area (Å²) in [5, 5.41) is 0. The molecule has 1 rings (SSSR count). The van der Waals surface area contributed by atoms with E-state index in [9.17, 15) is 9.59 Å². The van der Waals surface area contributed by atoms with Crippen LogP contribution >= 0.6 is 0 Å². The molecule has 0 bridgehead atoms. The normalized spacial score (nSPS) is 28.5. The third-order valence-electron chi connectivity index (χ3n) is 2.86. The molecule has 2 atom stereocenters. The minimum absolute atomic E-state index is 0.130. The lowest BCUT2D eigenvalue weighted by molar-refractivity contribution is -0.144. The van der Waals surface area contributed by atoms with E-state index < -0.39 is 0 Å². The van der Waals surface area contributed by atoms with E-state index in [1.807, 2.05) is 6.92 Å². The molecule has 0 saturated heterocycles. The number of aldehydes is 1. The molecule has 2 unspecified atom stereocenters. The van der Waals surface area contributed by atoms with Gasteiger partial charge >= 0.3 is 5.97 Å². The number of carbonyl (C=O) groups excluding carboxylic acids is 2. The smallest absolute Gasteiger partial charge is 0.311 e. The van der Waals surface area contributed by atoms with Gasteiger partial charge in [-0.3, -0.25) is 4.79 Å². The van der Waals surface area contributed by atoms with Gasteiger partial charge in [0.1, 0.15) is 6.29 Å². The Morgan fingerprint density at radius 3 is 2.87 bits per heavy atom. The predicted molar refractivity (Wildman–Crippen MR) is 54.4 cm³/mol. The lowest BCUT2D eigenvalue weighted by atomic mass is 10.1. The molecule has 1 aliphatic carbocycles. The van der Waals surface area contributed by atoms with Gasteiger partial charge in [0.15, 0.2) is 0 Å². The van der Waals surface area contributed by atoms with Gasteiger partial charge in [0.2, 0.25) is 0 Å². The van der Waals surface area contributed by atoms with E-state index in [-0.39, 0.29) is 17.5 Å². The highest BCUT2D eigenvalue weighted by molar-refractivity contribution is 5.77. The van der Waals surface area contributed by atoms with Crippen LogP contribution < -0.4 is 0 Å². The molecule has 4 heteroatoms. The van der Waals surface area contributed by atoms with Gasteiger partial charge in [-0.1, -0.05) is 0 Å². The van der Waals surface area contributed by atoms with Crippen molar-refractivity contribution in [3.8, 4) is 0 Å². The predicted octanol–water partition coefficient (Wildman–Crippen LogP) is 1.32. The molecule has 0 aromatic heterocycles. The van der Waals surface area contributed by atoms with Crippen molar-refractivity contribution in [2.75, 3.05) is 13.7 Å². The summed E-state index contributed by atoms with van der Waals surface area (Å²) in [6.07, 6.45) is 3.70. The lowest BCUT2D eigenvalue weighted by Gasteiger charge is -2.16. The summed E-state index contributed by atoms with van der Waals surface area (Å²) in [5.74, 6) is -0.330. The Morgan fingerprint density at radius 2 is 2.33 bits per heavy atom. The van der Waals surface area contributed by atoms with E-state index in [1.54, 1.807) is 0 Å². The Hall–Kier alpha value is -0.900. The summed E-state index contributed by atoms with van der Waals surface area (Å²) in [4.78, 5) is 21.5. The standard InChI is InChI=1S/C11H18O4/c1-3-15-11(6-4-5-7-12)8-9(11)10(13)14-2/h7,9H,3-6,8H2,1-2H3. The Balaban J connectivity index is 2.44. The third kappa shape index (κ3) is 2.78. The number of hydrogen-bond donors (Lipinski definition) is 0. The zero-order valence-electron chi connectivity index (χ0n) is 9.32. The summed E-state index contributed by atoms with van der Waals surface area (Å²) in [5.41, 5.74) is -0.342. The molecule has 0 amide bonds. The average molecular weight is 214 g/mol. The minimum atomic E-state index is -0.342. The molecule has 86 valence electrons. The van der Waals surface area contributed by atoms with Gasteiger partial charge in [0, 0.05) is 13.0 Å². The first-order valence-electron chi connectivity index (χ1n) is 5.35. The van der Waals surface area contributed by atoms with Crippen LogP contribution in [0.2, 0.25) is 0 Å². The third-order valence-corrected chi connectivity index (χ3v) is 2.86. The fourth-order valence-electron chi connectivity index (χ4n) is 2.01. The Kier molecular flexibility index (Phi) is 4.27. The monoisotopic (exact) mass is 214 g/mol. The van der Waals surface area contributed by atoms with Crippen molar-refractivity contribution in [1.82, 2.24) is 0 Å². The summed E-state index contributed by atoms with van der Waals surface area (Å²) >= 11 is 0. The van der Waals surface area contributed by atoms with Crippen molar-refractivity contribution in [2.24, 2.45) is 5.92 Å². The molecule has 0 radical (unpaired) electrons. The fourth-order valence-corrected chi connectivity index (χ4v) is 2.01. The van der Waals surface area contributed by atoms with E-state index in [4.69, 9.17) is 9.47 Å². The second-order valence-corrected chi connectivity index (χ2v) is 3.84. The molecule has 0 aromatic carbocycles. The molecule has 0 aliphatic heterocycles. The average Bonchev–Trinajstić information content (AvgIpc) is 2.93. The topological polar surface area (TPSA) is 52.6 Å². The number of esters is 1. The van der Waals surface area contributed by atoms with Gasteiger partial charge in [-0.05, 0) is 26.2 Å². The number of ether oxygens (including phenoxy) is 2. The molecule has 15 heavy (non-hydrogen) atoms. The minimum Gasteiger partial charge on any atom is -0.469 e. The zero-order valence-corrected chi connectivity index (χ0v) is 9.32. The number of carbonyl (C=O) groups is 2. The number of unbranched alkanes of at least 4 members (excludes halogenated alkanes) is 1. The maximum atomic E-state index is 11.3. The fraction of sp³-hybridized carbons (Fsp3) is 0.818. The van der Waals surface area contributed by atoms with E-state index in [0.717, 1.165) is 25.5 Å². The van der Waals surface area contributed by atoms with Crippen molar-refractivity contribution in [1.29, 1.82) is 0 Å². The number of hydrogen-bond acceptors (Lipinski definition) is 4. The molecule has 0 aromatic rings. The second kappa shape index (κ2) is 5.26. The summed E-state index contributed by atoms with van der Waals surface area (Å²) in [7, 11) is 1.39. The summed E-state index contributed by atoms with van der Waals surface area (Å²) in [6.45, 7) is 2.50. The van der Waals surface area contributed by atoms with E-state index >= 15 is 0 Å². The van der Waals surface area contributed by atoms with Crippen LogP contribution in [0, 0.1) is 5.92 Å². The van der Waals surface area contributed by atoms with Gasteiger partial charge in [-0.2, -0.15) is 0 Å². The number of rotatable bonds is 7. The molecule has 1 saturated carbocycles. The molecular weight excluding hydrogens is 196 g/mol. The van der Waals surface area contributed by atoms with Gasteiger partial charge in [-0.25, -0.2) is 0 Å². The number of methoxy groups -OCH3 is 1. The maximum Gasteiger partial charge on any atom is 0.311 e. The summed E-state index contributed by atoms with van der Waals surface area (Å²) in [6, 6.07) is 0. The second-order valence-electron chi connectivity index (χ2n) is 3.84. The van der Waals surface area contributed by atoms with Gasteiger partial charge < -0.3 is 14.3 Å². The van der Waals surface area contributed by atoms with Crippen LogP contribution in [0.25, 0.3) is 0 Å². The van der Waals surface area contributed by atoms with E-state index in [0.29, 0.717) is 13.0 Å². The van der Waals surface area contributed by atoms with Crippen molar-refractivity contribution < 1.29 is 19.1 Å². The first-order valence-corrected chi connectivity index (χ1v) is 5.35. The van der Waals surface area contributed by atoms with Crippen LogP contribution in [-0.4, -0.2) is 31.6 Å².